The van der Waals surface area contributed by atoms with E-state index < -0.39 is 11.5 Å². The van der Waals surface area contributed by atoms with Gasteiger partial charge in [-0.1, -0.05) is 6.92 Å². The van der Waals surface area contributed by atoms with E-state index in [0.29, 0.717) is 4.83 Å². The van der Waals surface area contributed by atoms with Gasteiger partial charge in [-0.25, -0.2) is 9.78 Å². The average molecular weight is 337 g/mol. The molecule has 0 fully saturated rings. The highest BCUT2D eigenvalue weighted by Crippen LogP contribution is 2.21. The van der Waals surface area contributed by atoms with Crippen LogP contribution in [-0.2, 0) is 16.1 Å². The van der Waals surface area contributed by atoms with Gasteiger partial charge < -0.3 is 10.1 Å². The number of hydrogen-bond donors (Lipinski definition) is 1. The first kappa shape index (κ1) is 17.1. The van der Waals surface area contributed by atoms with Crippen LogP contribution in [0.2, 0.25) is 0 Å². The van der Waals surface area contributed by atoms with Gasteiger partial charge in [0, 0.05) is 11.4 Å². The number of hydrogen-bond acceptors (Lipinski definition) is 6. The summed E-state index contributed by atoms with van der Waals surface area (Å²) in [7, 11) is 0. The van der Waals surface area contributed by atoms with Gasteiger partial charge in [0.05, 0.1) is 23.9 Å². The van der Waals surface area contributed by atoms with Crippen LogP contribution in [-0.4, -0.2) is 34.1 Å². The summed E-state index contributed by atoms with van der Waals surface area (Å²) in [4.78, 5) is 41.0. The Morgan fingerprint density at radius 1 is 1.43 bits per heavy atom. The molecule has 0 spiro atoms. The maximum Gasteiger partial charge on any atom is 0.339 e. The monoisotopic (exact) mass is 337 g/mol. The molecular formula is C15H19N3O4S. The molecule has 0 bridgehead atoms. The third-order valence-corrected chi connectivity index (χ3v) is 4.28. The van der Waals surface area contributed by atoms with Crippen LogP contribution in [0.3, 0.4) is 0 Å². The van der Waals surface area contributed by atoms with Crippen molar-refractivity contribution >= 4 is 33.4 Å². The summed E-state index contributed by atoms with van der Waals surface area (Å²) in [5, 5.41) is 4.55. The van der Waals surface area contributed by atoms with Crippen LogP contribution in [0, 0.1) is 0 Å². The minimum Gasteiger partial charge on any atom is -0.462 e. The molecule has 2 heterocycles. The van der Waals surface area contributed by atoms with Gasteiger partial charge >= 0.3 is 5.97 Å². The molecule has 1 N–H and O–H groups in total. The van der Waals surface area contributed by atoms with Crippen molar-refractivity contribution < 1.29 is 14.3 Å². The van der Waals surface area contributed by atoms with Crippen molar-refractivity contribution in [1.29, 1.82) is 0 Å². The number of rotatable bonds is 6. The van der Waals surface area contributed by atoms with Gasteiger partial charge in [0.1, 0.15) is 11.4 Å². The fourth-order valence-corrected chi connectivity index (χ4v) is 2.88. The van der Waals surface area contributed by atoms with E-state index in [9.17, 15) is 14.4 Å². The normalized spacial score (nSPS) is 12.1. The molecule has 0 aliphatic carbocycles. The molecule has 124 valence electrons. The lowest BCUT2D eigenvalue weighted by Crippen LogP contribution is -2.37. The number of nitrogens with zero attached hydrogens (tertiary/aromatic N) is 2. The molecule has 0 radical (unpaired) electrons. The van der Waals surface area contributed by atoms with Crippen LogP contribution < -0.4 is 10.9 Å². The van der Waals surface area contributed by atoms with Crippen molar-refractivity contribution in [1.82, 2.24) is 14.9 Å². The molecule has 0 saturated carbocycles. The molecule has 2 aromatic rings. The fourth-order valence-electron chi connectivity index (χ4n) is 2.02. The number of fused-ring (bicyclic) bond motifs is 1. The first-order valence-corrected chi connectivity index (χ1v) is 8.29. The molecule has 0 saturated heterocycles. The third-order valence-electron chi connectivity index (χ3n) is 3.39. The topological polar surface area (TPSA) is 90.3 Å². The van der Waals surface area contributed by atoms with Crippen LogP contribution in [0.5, 0.6) is 0 Å². The summed E-state index contributed by atoms with van der Waals surface area (Å²) in [5.41, 5.74) is -0.223. The van der Waals surface area contributed by atoms with Gasteiger partial charge in [-0.15, -0.1) is 11.3 Å². The highest BCUT2D eigenvalue weighted by molar-refractivity contribution is 7.17. The van der Waals surface area contributed by atoms with Gasteiger partial charge in [-0.05, 0) is 20.3 Å². The summed E-state index contributed by atoms with van der Waals surface area (Å²) in [6.45, 7) is 5.63. The lowest BCUT2D eigenvalue weighted by Gasteiger charge is -2.12. The molecule has 0 aromatic carbocycles. The van der Waals surface area contributed by atoms with Crippen LogP contribution in [0.25, 0.3) is 10.2 Å². The Hall–Kier alpha value is -2.22. The third kappa shape index (κ3) is 3.76. The zero-order valence-corrected chi connectivity index (χ0v) is 14.1. The number of nitrogens with one attached hydrogen (secondary N) is 1. The minimum absolute atomic E-state index is 0.0335. The molecule has 7 nitrogen and oxygen atoms in total. The number of esters is 1. The van der Waals surface area contributed by atoms with E-state index in [4.69, 9.17) is 4.74 Å². The van der Waals surface area contributed by atoms with E-state index in [-0.39, 0.29) is 36.1 Å². The molecule has 1 amide bonds. The molecule has 1 unspecified atom stereocenters. The number of aromatic nitrogens is 2. The summed E-state index contributed by atoms with van der Waals surface area (Å²) >= 11 is 1.20. The van der Waals surface area contributed by atoms with Gasteiger partial charge in [-0.2, -0.15) is 0 Å². The van der Waals surface area contributed by atoms with Crippen molar-refractivity contribution in [3.8, 4) is 0 Å². The van der Waals surface area contributed by atoms with E-state index >= 15 is 0 Å². The zero-order valence-electron chi connectivity index (χ0n) is 13.3. The standard InChI is InChI=1S/C15H19N3O4S/c1-4-9(3)17-11(19)6-18-8-16-13-12(14(18)20)10(7-23-13)15(21)22-5-2/h7-9H,4-6H2,1-3H3,(H,17,19). The number of ether oxygens (including phenoxy) is 1. The number of thiophene rings is 1. The van der Waals surface area contributed by atoms with Crippen molar-refractivity contribution in [2.24, 2.45) is 0 Å². The quantitative estimate of drug-likeness (QED) is 0.808. The van der Waals surface area contributed by atoms with Crippen LogP contribution in [0.15, 0.2) is 16.5 Å². The molecule has 0 aliphatic rings. The van der Waals surface area contributed by atoms with Crippen molar-refractivity contribution in [3.05, 3.63) is 27.6 Å². The highest BCUT2D eigenvalue weighted by atomic mass is 32.1. The Labute approximate surface area is 137 Å². The molecular weight excluding hydrogens is 318 g/mol. The van der Waals surface area contributed by atoms with Gasteiger partial charge in [0.25, 0.3) is 5.56 Å². The number of carbonyl (C=O) groups is 2. The van der Waals surface area contributed by atoms with Crippen LogP contribution >= 0.6 is 11.3 Å². The minimum atomic E-state index is -0.556. The molecule has 0 aliphatic heterocycles. The zero-order chi connectivity index (χ0) is 17.0. The lowest BCUT2D eigenvalue weighted by molar-refractivity contribution is -0.122. The largest absolute Gasteiger partial charge is 0.462 e. The average Bonchev–Trinajstić information content (AvgIpc) is 2.95. The summed E-state index contributed by atoms with van der Waals surface area (Å²) in [5.74, 6) is -0.824. The molecule has 2 rings (SSSR count). The molecule has 23 heavy (non-hydrogen) atoms. The second kappa shape index (κ2) is 7.36. The Morgan fingerprint density at radius 2 is 2.17 bits per heavy atom. The van der Waals surface area contributed by atoms with E-state index in [1.807, 2.05) is 13.8 Å². The highest BCUT2D eigenvalue weighted by Gasteiger charge is 2.19. The lowest BCUT2D eigenvalue weighted by atomic mass is 10.2. The summed E-state index contributed by atoms with van der Waals surface area (Å²) < 4.78 is 6.15. The molecule has 2 aromatic heterocycles. The molecule has 1 atom stereocenters. The fraction of sp³-hybridized carbons (Fsp3) is 0.467. The first-order chi connectivity index (χ1) is 11.0. The second-order valence-electron chi connectivity index (χ2n) is 5.10. The van der Waals surface area contributed by atoms with E-state index in [1.54, 1.807) is 12.3 Å². The maximum atomic E-state index is 12.6. The maximum absolute atomic E-state index is 12.6. The Morgan fingerprint density at radius 3 is 2.83 bits per heavy atom. The van der Waals surface area contributed by atoms with Crippen molar-refractivity contribution in [2.45, 2.75) is 39.8 Å². The number of carbonyl (C=O) groups excluding carboxylic acids is 2. The Kier molecular flexibility index (Phi) is 5.49. The smallest absolute Gasteiger partial charge is 0.339 e. The Balaban J connectivity index is 2.34. The predicted molar refractivity (Wildman–Crippen MR) is 87.7 cm³/mol. The Bertz CT molecular complexity index is 781. The van der Waals surface area contributed by atoms with Crippen LogP contribution in [0.1, 0.15) is 37.6 Å². The van der Waals surface area contributed by atoms with Gasteiger partial charge in [0.2, 0.25) is 5.91 Å². The van der Waals surface area contributed by atoms with Gasteiger partial charge in [-0.3, -0.25) is 14.2 Å². The first-order valence-electron chi connectivity index (χ1n) is 7.41. The summed E-state index contributed by atoms with van der Waals surface area (Å²) in [6.07, 6.45) is 2.13. The van der Waals surface area contributed by atoms with E-state index in [0.717, 1.165) is 6.42 Å². The molecule has 8 heteroatoms. The second-order valence-corrected chi connectivity index (χ2v) is 5.96. The van der Waals surface area contributed by atoms with E-state index in [2.05, 4.69) is 10.3 Å². The van der Waals surface area contributed by atoms with Gasteiger partial charge in [0.15, 0.2) is 0 Å². The van der Waals surface area contributed by atoms with Crippen LogP contribution in [0.4, 0.5) is 0 Å². The van der Waals surface area contributed by atoms with Crippen molar-refractivity contribution in [3.63, 3.8) is 0 Å². The van der Waals surface area contributed by atoms with Crippen molar-refractivity contribution in [2.75, 3.05) is 6.61 Å². The predicted octanol–water partition coefficient (Wildman–Crippen LogP) is 1.55. The van der Waals surface area contributed by atoms with E-state index in [1.165, 1.54) is 22.2 Å². The summed E-state index contributed by atoms with van der Waals surface area (Å²) in [6, 6.07) is 0.0335. The number of amides is 1. The SMILES string of the molecule is CCOC(=O)c1csc2ncn(CC(=O)NC(C)CC)c(=O)c12.